The van der Waals surface area contributed by atoms with Crippen molar-refractivity contribution in [3.63, 3.8) is 0 Å². The fraction of sp³-hybridized carbons (Fsp3) is 0.176. The molecule has 0 spiro atoms. The molecule has 0 saturated carbocycles. The molecule has 1 N–H and O–H groups in total. The Morgan fingerprint density at radius 2 is 1.92 bits per heavy atom. The van der Waals surface area contributed by atoms with Gasteiger partial charge in [0, 0.05) is 18.7 Å². The first kappa shape index (κ1) is 16.1. The van der Waals surface area contributed by atoms with Crippen molar-refractivity contribution in [2.24, 2.45) is 7.05 Å². The number of aromatic nitrogens is 3. The quantitative estimate of drug-likeness (QED) is 0.795. The summed E-state index contributed by atoms with van der Waals surface area (Å²) >= 11 is 1.18. The summed E-state index contributed by atoms with van der Waals surface area (Å²) in [5.74, 6) is -0.443. The summed E-state index contributed by atoms with van der Waals surface area (Å²) in [4.78, 5) is 24.8. The molecule has 1 aromatic carbocycles. The van der Waals surface area contributed by atoms with Crippen LogP contribution in [0.1, 0.15) is 21.6 Å². The van der Waals surface area contributed by atoms with Gasteiger partial charge in [0.15, 0.2) is 0 Å². The minimum atomic E-state index is -0.443. The van der Waals surface area contributed by atoms with Crippen LogP contribution < -0.4 is 10.9 Å². The van der Waals surface area contributed by atoms with Crippen LogP contribution in [0.25, 0.3) is 11.3 Å². The third-order valence-corrected chi connectivity index (χ3v) is 4.47. The second kappa shape index (κ2) is 6.37. The van der Waals surface area contributed by atoms with Crippen molar-refractivity contribution >= 4 is 22.4 Å². The molecule has 6 nitrogen and oxygen atoms in total. The van der Waals surface area contributed by atoms with Gasteiger partial charge in [0.25, 0.3) is 11.5 Å². The first-order valence-electron chi connectivity index (χ1n) is 7.35. The van der Waals surface area contributed by atoms with E-state index >= 15 is 0 Å². The standard InChI is InChI=1S/C17H16N4O2S/c1-10-11(2)19-21(3)17(23)15(10)16(22)18-14-9-13(20-24-14)12-7-5-4-6-8-12/h4-9H,1-3H3,(H,18,22). The van der Waals surface area contributed by atoms with Crippen molar-refractivity contribution in [1.82, 2.24) is 14.2 Å². The SMILES string of the molecule is Cc1nn(C)c(=O)c(C(=O)Nc2cc(-c3ccccc3)ns2)c1C. The predicted octanol–water partition coefficient (Wildman–Crippen LogP) is 2.77. The molecular formula is C17H16N4O2S. The summed E-state index contributed by atoms with van der Waals surface area (Å²) < 4.78 is 5.52. The third-order valence-electron chi connectivity index (χ3n) is 3.77. The van der Waals surface area contributed by atoms with Gasteiger partial charge in [0.2, 0.25) is 0 Å². The minimum absolute atomic E-state index is 0.111. The van der Waals surface area contributed by atoms with E-state index in [9.17, 15) is 9.59 Å². The lowest BCUT2D eigenvalue weighted by Gasteiger charge is -2.09. The Labute approximate surface area is 142 Å². The Morgan fingerprint density at radius 3 is 2.62 bits per heavy atom. The van der Waals surface area contributed by atoms with E-state index in [0.717, 1.165) is 11.3 Å². The molecule has 0 aliphatic rings. The Morgan fingerprint density at radius 1 is 1.21 bits per heavy atom. The normalized spacial score (nSPS) is 10.6. The van der Waals surface area contributed by atoms with Crippen molar-refractivity contribution in [2.45, 2.75) is 13.8 Å². The Hall–Kier alpha value is -2.80. The number of nitrogens with one attached hydrogen (secondary N) is 1. The second-order valence-corrected chi connectivity index (χ2v) is 6.22. The van der Waals surface area contributed by atoms with Crippen molar-refractivity contribution in [2.75, 3.05) is 5.32 Å². The van der Waals surface area contributed by atoms with Crippen LogP contribution in [0.15, 0.2) is 41.2 Å². The van der Waals surface area contributed by atoms with Crippen LogP contribution in [0.3, 0.4) is 0 Å². The van der Waals surface area contributed by atoms with Crippen LogP contribution in [0.2, 0.25) is 0 Å². The monoisotopic (exact) mass is 340 g/mol. The van der Waals surface area contributed by atoms with Crippen LogP contribution in [0.5, 0.6) is 0 Å². The summed E-state index contributed by atoms with van der Waals surface area (Å²) in [6, 6.07) is 11.5. The number of anilines is 1. The number of hydrogen-bond donors (Lipinski definition) is 1. The summed E-state index contributed by atoms with van der Waals surface area (Å²) in [5, 5.41) is 7.43. The van der Waals surface area contributed by atoms with Crippen LogP contribution in [-0.4, -0.2) is 20.1 Å². The largest absolute Gasteiger partial charge is 0.312 e. The molecule has 2 aromatic heterocycles. The van der Waals surface area contributed by atoms with Crippen LogP contribution in [0.4, 0.5) is 5.00 Å². The van der Waals surface area contributed by atoms with Gasteiger partial charge in [-0.15, -0.1) is 0 Å². The zero-order valence-corrected chi connectivity index (χ0v) is 14.3. The number of rotatable bonds is 3. The van der Waals surface area contributed by atoms with E-state index in [1.807, 2.05) is 30.3 Å². The van der Waals surface area contributed by atoms with Crippen molar-refractivity contribution in [3.05, 3.63) is 63.6 Å². The van der Waals surface area contributed by atoms with E-state index in [4.69, 9.17) is 0 Å². The van der Waals surface area contributed by atoms with E-state index in [1.54, 1.807) is 19.9 Å². The average Bonchev–Trinajstić information content (AvgIpc) is 3.02. The van der Waals surface area contributed by atoms with E-state index in [-0.39, 0.29) is 5.56 Å². The molecule has 0 saturated heterocycles. The van der Waals surface area contributed by atoms with E-state index in [1.165, 1.54) is 23.3 Å². The molecule has 0 aliphatic carbocycles. The van der Waals surface area contributed by atoms with Gasteiger partial charge >= 0.3 is 0 Å². The lowest BCUT2D eigenvalue weighted by atomic mass is 10.1. The Bertz CT molecular complexity index is 960. The zero-order valence-electron chi connectivity index (χ0n) is 13.5. The van der Waals surface area contributed by atoms with Crippen LogP contribution in [0, 0.1) is 13.8 Å². The molecule has 3 rings (SSSR count). The van der Waals surface area contributed by atoms with Crippen molar-refractivity contribution < 1.29 is 4.79 Å². The highest BCUT2D eigenvalue weighted by molar-refractivity contribution is 7.10. The maximum atomic E-state index is 12.5. The number of hydrogen-bond acceptors (Lipinski definition) is 5. The molecule has 0 aliphatic heterocycles. The number of aryl methyl sites for hydroxylation is 2. The average molecular weight is 340 g/mol. The molecule has 0 radical (unpaired) electrons. The van der Waals surface area contributed by atoms with Gasteiger partial charge < -0.3 is 5.32 Å². The summed E-state index contributed by atoms with van der Waals surface area (Å²) in [6.07, 6.45) is 0. The van der Waals surface area contributed by atoms with E-state index < -0.39 is 11.5 Å². The van der Waals surface area contributed by atoms with Gasteiger partial charge in [-0.05, 0) is 30.9 Å². The molecule has 122 valence electrons. The molecule has 7 heteroatoms. The number of nitrogens with zero attached hydrogens (tertiary/aromatic N) is 3. The number of carbonyl (C=O) groups excluding carboxylic acids is 1. The number of carbonyl (C=O) groups is 1. The summed E-state index contributed by atoms with van der Waals surface area (Å²) in [7, 11) is 1.53. The molecule has 0 bridgehead atoms. The molecule has 0 atom stereocenters. The molecule has 3 aromatic rings. The fourth-order valence-electron chi connectivity index (χ4n) is 2.37. The predicted molar refractivity (Wildman–Crippen MR) is 94.5 cm³/mol. The van der Waals surface area contributed by atoms with Gasteiger partial charge in [-0.25, -0.2) is 4.68 Å². The Kier molecular flexibility index (Phi) is 4.26. The van der Waals surface area contributed by atoms with Gasteiger partial charge in [-0.3, -0.25) is 9.59 Å². The van der Waals surface area contributed by atoms with Crippen LogP contribution in [-0.2, 0) is 7.05 Å². The summed E-state index contributed by atoms with van der Waals surface area (Å²) in [6.45, 7) is 3.49. The van der Waals surface area contributed by atoms with E-state index in [2.05, 4.69) is 14.8 Å². The minimum Gasteiger partial charge on any atom is -0.312 e. The van der Waals surface area contributed by atoms with Gasteiger partial charge in [0.1, 0.15) is 10.6 Å². The molecular weight excluding hydrogens is 324 g/mol. The number of benzene rings is 1. The fourth-order valence-corrected chi connectivity index (χ4v) is 3.03. The highest BCUT2D eigenvalue weighted by Gasteiger charge is 2.19. The lowest BCUT2D eigenvalue weighted by Crippen LogP contribution is -2.31. The van der Waals surface area contributed by atoms with Crippen molar-refractivity contribution in [3.8, 4) is 11.3 Å². The first-order valence-corrected chi connectivity index (χ1v) is 8.12. The topological polar surface area (TPSA) is 76.9 Å². The second-order valence-electron chi connectivity index (χ2n) is 5.41. The molecule has 1 amide bonds. The molecule has 0 unspecified atom stereocenters. The third kappa shape index (κ3) is 2.98. The number of amides is 1. The molecule has 24 heavy (non-hydrogen) atoms. The molecule has 2 heterocycles. The van der Waals surface area contributed by atoms with Gasteiger partial charge in [0.05, 0.1) is 11.4 Å². The lowest BCUT2D eigenvalue weighted by molar-refractivity contribution is 0.102. The molecule has 0 fully saturated rings. The summed E-state index contributed by atoms with van der Waals surface area (Å²) in [5.41, 5.74) is 2.69. The maximum Gasteiger partial charge on any atom is 0.279 e. The van der Waals surface area contributed by atoms with Gasteiger partial charge in [-0.2, -0.15) is 9.47 Å². The van der Waals surface area contributed by atoms with Gasteiger partial charge in [-0.1, -0.05) is 30.3 Å². The smallest absolute Gasteiger partial charge is 0.279 e. The van der Waals surface area contributed by atoms with Crippen LogP contribution >= 0.6 is 11.5 Å². The Balaban J connectivity index is 1.89. The zero-order chi connectivity index (χ0) is 17.3. The van der Waals surface area contributed by atoms with E-state index in [0.29, 0.717) is 16.3 Å². The maximum absolute atomic E-state index is 12.5. The van der Waals surface area contributed by atoms with Crippen molar-refractivity contribution in [1.29, 1.82) is 0 Å². The highest BCUT2D eigenvalue weighted by Crippen LogP contribution is 2.25. The first-order chi connectivity index (χ1) is 11.5. The highest BCUT2D eigenvalue weighted by atomic mass is 32.1.